The van der Waals surface area contributed by atoms with Crippen molar-refractivity contribution in [3.63, 3.8) is 0 Å². The van der Waals surface area contributed by atoms with Crippen molar-refractivity contribution in [1.82, 2.24) is 4.98 Å². The van der Waals surface area contributed by atoms with Gasteiger partial charge in [-0.05, 0) is 49.2 Å². The van der Waals surface area contributed by atoms with Gasteiger partial charge in [-0.1, -0.05) is 48.5 Å². The van der Waals surface area contributed by atoms with Gasteiger partial charge in [-0.2, -0.15) is 0 Å². The van der Waals surface area contributed by atoms with Crippen molar-refractivity contribution in [2.45, 2.75) is 18.9 Å². The van der Waals surface area contributed by atoms with Crippen molar-refractivity contribution in [2.75, 3.05) is 28.7 Å². The van der Waals surface area contributed by atoms with E-state index in [4.69, 9.17) is 4.98 Å². The molecule has 0 amide bonds. The molecule has 5 rings (SSSR count). The third kappa shape index (κ3) is 4.91. The van der Waals surface area contributed by atoms with Gasteiger partial charge in [0.25, 0.3) is 0 Å². The van der Waals surface area contributed by atoms with Crippen molar-refractivity contribution in [2.24, 2.45) is 0 Å². The molecule has 0 bridgehead atoms. The monoisotopic (exact) mass is 454 g/mol. The normalized spacial score (nSPS) is 15.4. The third-order valence-corrected chi connectivity index (χ3v) is 6.74. The van der Waals surface area contributed by atoms with Gasteiger partial charge in [-0.25, -0.2) is 4.98 Å². The first-order chi connectivity index (χ1) is 16.3. The molecule has 5 nitrogen and oxygen atoms in total. The van der Waals surface area contributed by atoms with Crippen LogP contribution in [0.2, 0.25) is 0 Å². The minimum Gasteiger partial charge on any atom is -0.368 e. The first-order valence-corrected chi connectivity index (χ1v) is 12.1. The summed E-state index contributed by atoms with van der Waals surface area (Å²) < 4.78 is 0. The maximum Gasteiger partial charge on any atom is 0.193 e. The summed E-state index contributed by atoms with van der Waals surface area (Å²) in [5.41, 5.74) is 4.73. The smallest absolute Gasteiger partial charge is 0.193 e. The Hall–Kier alpha value is -3.64. The Labute approximate surface area is 198 Å². The number of anilines is 3. The Morgan fingerprint density at radius 2 is 1.61 bits per heavy atom. The fourth-order valence-electron chi connectivity index (χ4n) is 4.24. The van der Waals surface area contributed by atoms with Crippen LogP contribution in [-0.2, 0) is 0 Å². The van der Waals surface area contributed by atoms with Crippen LogP contribution < -0.4 is 15.5 Å². The number of carbonyl (C=O) groups excluding carboxylic acids is 1. The molecular weight excluding hydrogens is 428 g/mol. The summed E-state index contributed by atoms with van der Waals surface area (Å²) in [6.45, 7) is 1.63. The molecule has 1 aliphatic heterocycles. The van der Waals surface area contributed by atoms with Crippen LogP contribution in [0.25, 0.3) is 0 Å². The lowest BCUT2D eigenvalue weighted by molar-refractivity contribution is 0.103. The summed E-state index contributed by atoms with van der Waals surface area (Å²) >= 11 is 1.64. The van der Waals surface area contributed by atoms with Gasteiger partial charge in [0.1, 0.15) is 0 Å². The van der Waals surface area contributed by atoms with Crippen LogP contribution in [0.1, 0.15) is 40.5 Å². The SMILES string of the molecule is O=C(c1ccccc1)c1ccc(NCNc2nc([C@H]3CCCN3c3ccccc3)cs2)cc1. The van der Waals surface area contributed by atoms with Crippen molar-refractivity contribution >= 4 is 33.6 Å². The number of thiazole rings is 1. The summed E-state index contributed by atoms with van der Waals surface area (Å²) in [7, 11) is 0. The topological polar surface area (TPSA) is 57.3 Å². The van der Waals surface area contributed by atoms with Gasteiger partial charge in [0.15, 0.2) is 10.9 Å². The van der Waals surface area contributed by atoms with Crippen molar-refractivity contribution in [3.05, 3.63) is 107 Å². The molecule has 33 heavy (non-hydrogen) atoms. The number of hydrogen-bond acceptors (Lipinski definition) is 6. The fraction of sp³-hybridized carbons (Fsp3) is 0.185. The van der Waals surface area contributed by atoms with Crippen LogP contribution in [0.4, 0.5) is 16.5 Å². The number of para-hydroxylation sites is 1. The second-order valence-corrected chi connectivity index (χ2v) is 8.93. The Morgan fingerprint density at radius 1 is 0.909 bits per heavy atom. The third-order valence-electron chi connectivity index (χ3n) is 5.92. The molecule has 1 aromatic heterocycles. The largest absolute Gasteiger partial charge is 0.368 e. The molecule has 4 aromatic rings. The average molecular weight is 455 g/mol. The molecule has 166 valence electrons. The van der Waals surface area contributed by atoms with E-state index in [1.807, 2.05) is 54.6 Å². The van der Waals surface area contributed by atoms with Crippen molar-refractivity contribution in [3.8, 4) is 0 Å². The van der Waals surface area contributed by atoms with Gasteiger partial charge < -0.3 is 15.5 Å². The van der Waals surface area contributed by atoms with Crippen LogP contribution in [-0.4, -0.2) is 24.0 Å². The van der Waals surface area contributed by atoms with Gasteiger partial charge in [0.05, 0.1) is 18.4 Å². The first kappa shape index (κ1) is 21.2. The van der Waals surface area contributed by atoms with E-state index in [0.29, 0.717) is 23.8 Å². The molecule has 1 saturated heterocycles. The number of ketones is 1. The number of aromatic nitrogens is 1. The quantitative estimate of drug-likeness (QED) is 0.245. The maximum absolute atomic E-state index is 12.5. The summed E-state index contributed by atoms with van der Waals surface area (Å²) in [6.07, 6.45) is 2.31. The lowest BCUT2D eigenvalue weighted by Gasteiger charge is -2.25. The molecule has 0 unspecified atom stereocenters. The second-order valence-electron chi connectivity index (χ2n) is 8.07. The number of nitrogens with zero attached hydrogens (tertiary/aromatic N) is 2. The molecule has 0 radical (unpaired) electrons. The van der Waals surface area contributed by atoms with Gasteiger partial charge >= 0.3 is 0 Å². The van der Waals surface area contributed by atoms with E-state index in [2.05, 4.69) is 51.2 Å². The van der Waals surface area contributed by atoms with Gasteiger partial charge in [0, 0.05) is 34.4 Å². The van der Waals surface area contributed by atoms with E-state index >= 15 is 0 Å². The van der Waals surface area contributed by atoms with Crippen LogP contribution in [0.3, 0.4) is 0 Å². The molecule has 0 saturated carbocycles. The summed E-state index contributed by atoms with van der Waals surface area (Å²) in [6, 6.07) is 27.9. The fourth-order valence-corrected chi connectivity index (χ4v) is 5.00. The minimum atomic E-state index is 0.0343. The summed E-state index contributed by atoms with van der Waals surface area (Å²) in [5.74, 6) is 0.0343. The van der Waals surface area contributed by atoms with E-state index in [0.717, 1.165) is 29.5 Å². The van der Waals surface area contributed by atoms with E-state index < -0.39 is 0 Å². The number of benzene rings is 3. The zero-order valence-electron chi connectivity index (χ0n) is 18.3. The molecular formula is C27H26N4OS. The van der Waals surface area contributed by atoms with Crippen molar-refractivity contribution in [1.29, 1.82) is 0 Å². The highest BCUT2D eigenvalue weighted by molar-refractivity contribution is 7.13. The van der Waals surface area contributed by atoms with E-state index in [1.54, 1.807) is 11.3 Å². The number of nitrogens with one attached hydrogen (secondary N) is 2. The molecule has 1 aliphatic rings. The molecule has 6 heteroatoms. The zero-order chi connectivity index (χ0) is 22.5. The molecule has 0 spiro atoms. The summed E-state index contributed by atoms with van der Waals surface area (Å²) in [4.78, 5) is 19.8. The molecule has 3 aromatic carbocycles. The average Bonchev–Trinajstić information content (AvgIpc) is 3.55. The number of carbonyl (C=O) groups is 1. The Balaban J connectivity index is 1.16. The highest BCUT2D eigenvalue weighted by Gasteiger charge is 2.28. The maximum atomic E-state index is 12.5. The van der Waals surface area contributed by atoms with Crippen molar-refractivity contribution < 1.29 is 4.79 Å². The predicted octanol–water partition coefficient (Wildman–Crippen LogP) is 6.20. The summed E-state index contributed by atoms with van der Waals surface area (Å²) in [5, 5.41) is 9.79. The number of rotatable bonds is 8. The Kier molecular flexibility index (Phi) is 6.35. The van der Waals surface area contributed by atoms with Crippen LogP contribution in [0, 0.1) is 0 Å². The van der Waals surface area contributed by atoms with E-state index in [9.17, 15) is 4.79 Å². The number of hydrogen-bond donors (Lipinski definition) is 2. The van der Waals surface area contributed by atoms with E-state index in [-0.39, 0.29) is 5.78 Å². The standard InChI is InChI=1S/C27H26N4OS/c32-26(20-8-3-1-4-9-20)21-13-15-22(16-14-21)28-19-29-27-30-24(18-33-27)25-12-7-17-31(25)23-10-5-2-6-11-23/h1-6,8-11,13-16,18,25,28H,7,12,17,19H2,(H,29,30)/t25-/m1/s1. The second kappa shape index (κ2) is 9.88. The minimum absolute atomic E-state index is 0.0343. The Morgan fingerprint density at radius 3 is 2.36 bits per heavy atom. The zero-order valence-corrected chi connectivity index (χ0v) is 19.1. The van der Waals surface area contributed by atoms with Gasteiger partial charge in [-0.3, -0.25) is 4.79 Å². The van der Waals surface area contributed by atoms with Crippen LogP contribution >= 0.6 is 11.3 Å². The molecule has 1 fully saturated rings. The molecule has 0 aliphatic carbocycles. The van der Waals surface area contributed by atoms with Gasteiger partial charge in [-0.15, -0.1) is 11.3 Å². The predicted molar refractivity (Wildman–Crippen MR) is 136 cm³/mol. The van der Waals surface area contributed by atoms with Crippen LogP contribution in [0.15, 0.2) is 90.3 Å². The Bertz CT molecular complexity index is 1190. The van der Waals surface area contributed by atoms with Gasteiger partial charge in [0.2, 0.25) is 0 Å². The van der Waals surface area contributed by atoms with Crippen LogP contribution in [0.5, 0.6) is 0 Å². The lowest BCUT2D eigenvalue weighted by atomic mass is 10.0. The van der Waals surface area contributed by atoms with E-state index in [1.165, 1.54) is 12.1 Å². The molecule has 2 heterocycles. The first-order valence-electron chi connectivity index (χ1n) is 11.2. The molecule has 2 N–H and O–H groups in total. The highest BCUT2D eigenvalue weighted by Crippen LogP contribution is 2.37. The molecule has 1 atom stereocenters. The highest BCUT2D eigenvalue weighted by atomic mass is 32.1. The lowest BCUT2D eigenvalue weighted by Crippen LogP contribution is -2.22.